The Labute approximate surface area is 122 Å². The molecule has 1 nitrogen and oxygen atoms in total. The Bertz CT molecular complexity index is 390. The molecule has 0 saturated carbocycles. The molecule has 2 heteroatoms. The summed E-state index contributed by atoms with van der Waals surface area (Å²) in [6, 6.07) is 9.47. The van der Waals surface area contributed by atoms with Gasteiger partial charge in [0.15, 0.2) is 0 Å². The number of hydrogen-bond donors (Lipinski definition) is 1. The third-order valence-corrected chi connectivity index (χ3v) is 5.54. The van der Waals surface area contributed by atoms with E-state index < -0.39 is 0 Å². The lowest BCUT2D eigenvalue weighted by Gasteiger charge is -2.32. The lowest BCUT2D eigenvalue weighted by molar-refractivity contribution is 0.259. The highest BCUT2D eigenvalue weighted by atomic mass is 32.2. The van der Waals surface area contributed by atoms with Crippen LogP contribution in [0.3, 0.4) is 0 Å². The van der Waals surface area contributed by atoms with Crippen LogP contribution in [-0.4, -0.2) is 17.8 Å². The van der Waals surface area contributed by atoms with Crippen molar-refractivity contribution in [1.29, 1.82) is 0 Å². The average Bonchev–Trinajstić information content (AvgIpc) is 2.78. The molecule has 2 rings (SSSR count). The monoisotopic (exact) mass is 277 g/mol. The van der Waals surface area contributed by atoms with Gasteiger partial charge in [-0.25, -0.2) is 0 Å². The third-order valence-electron chi connectivity index (χ3n) is 4.22. The molecule has 0 saturated heterocycles. The van der Waals surface area contributed by atoms with E-state index in [1.807, 2.05) is 0 Å². The van der Waals surface area contributed by atoms with Crippen LogP contribution in [0.4, 0.5) is 0 Å². The molecule has 0 spiro atoms. The maximum atomic E-state index is 3.62. The fourth-order valence-electron chi connectivity index (χ4n) is 2.71. The second-order valence-corrected chi connectivity index (χ2v) is 7.80. The SMILES string of the molecule is CCC(C)(CNC(C)C)CC1Cc2ccccc2S1. The Balaban J connectivity index is 1.94. The number of benzene rings is 1. The highest BCUT2D eigenvalue weighted by molar-refractivity contribution is 8.00. The molecule has 1 heterocycles. The molecule has 0 fully saturated rings. The summed E-state index contributed by atoms with van der Waals surface area (Å²) >= 11 is 2.08. The molecule has 19 heavy (non-hydrogen) atoms. The van der Waals surface area contributed by atoms with Gasteiger partial charge < -0.3 is 5.32 Å². The maximum Gasteiger partial charge on any atom is 0.0141 e. The van der Waals surface area contributed by atoms with E-state index in [0.29, 0.717) is 11.5 Å². The van der Waals surface area contributed by atoms with Crippen molar-refractivity contribution < 1.29 is 0 Å². The Morgan fingerprint density at radius 3 is 2.74 bits per heavy atom. The van der Waals surface area contributed by atoms with Crippen LogP contribution in [0, 0.1) is 5.41 Å². The first-order valence-corrected chi connectivity index (χ1v) is 8.38. The molecule has 1 aliphatic rings. The quantitative estimate of drug-likeness (QED) is 0.821. The van der Waals surface area contributed by atoms with Crippen molar-refractivity contribution in [2.45, 2.75) is 63.1 Å². The second-order valence-electron chi connectivity index (χ2n) is 6.46. The molecular weight excluding hydrogens is 250 g/mol. The zero-order valence-electron chi connectivity index (χ0n) is 12.7. The van der Waals surface area contributed by atoms with Gasteiger partial charge in [0.2, 0.25) is 0 Å². The predicted octanol–water partition coefficient (Wildman–Crippen LogP) is 4.51. The standard InChI is InChI=1S/C17H27NS/c1-5-17(4,12-18-13(2)3)11-15-10-14-8-6-7-9-16(14)19-15/h6-9,13,15,18H,5,10-12H2,1-4H3. The predicted molar refractivity (Wildman–Crippen MR) is 85.9 cm³/mol. The Hall–Kier alpha value is -0.470. The largest absolute Gasteiger partial charge is 0.314 e. The number of rotatable bonds is 6. The van der Waals surface area contributed by atoms with Gasteiger partial charge in [-0.3, -0.25) is 0 Å². The first-order chi connectivity index (χ1) is 9.02. The van der Waals surface area contributed by atoms with Gasteiger partial charge in [0.25, 0.3) is 0 Å². The second kappa shape index (κ2) is 6.32. The summed E-state index contributed by atoms with van der Waals surface area (Å²) in [5, 5.41) is 4.38. The van der Waals surface area contributed by atoms with E-state index in [0.717, 1.165) is 11.8 Å². The van der Waals surface area contributed by atoms with Crippen LogP contribution in [-0.2, 0) is 6.42 Å². The normalized spacial score (nSPS) is 21.4. The van der Waals surface area contributed by atoms with Gasteiger partial charge in [-0.1, -0.05) is 45.9 Å². The Morgan fingerprint density at radius 2 is 2.11 bits per heavy atom. The number of thioether (sulfide) groups is 1. The van der Waals surface area contributed by atoms with Crippen molar-refractivity contribution in [3.05, 3.63) is 29.8 Å². The van der Waals surface area contributed by atoms with Gasteiger partial charge in [-0.05, 0) is 36.3 Å². The molecule has 2 unspecified atom stereocenters. The molecule has 0 amide bonds. The van der Waals surface area contributed by atoms with Crippen LogP contribution in [0.25, 0.3) is 0 Å². The smallest absolute Gasteiger partial charge is 0.0141 e. The minimum absolute atomic E-state index is 0.421. The summed E-state index contributed by atoms with van der Waals surface area (Å²) in [4.78, 5) is 1.50. The number of fused-ring (bicyclic) bond motifs is 1. The van der Waals surface area contributed by atoms with E-state index in [2.05, 4.69) is 69.0 Å². The molecule has 2 atom stereocenters. The molecule has 1 N–H and O–H groups in total. The summed E-state index contributed by atoms with van der Waals surface area (Å²) in [6.07, 6.45) is 3.81. The minimum atomic E-state index is 0.421. The fourth-order valence-corrected chi connectivity index (χ4v) is 4.28. The van der Waals surface area contributed by atoms with Gasteiger partial charge in [0.05, 0.1) is 0 Å². The van der Waals surface area contributed by atoms with Gasteiger partial charge in [-0.15, -0.1) is 11.8 Å². The third kappa shape index (κ3) is 4.00. The number of nitrogens with one attached hydrogen (secondary N) is 1. The van der Waals surface area contributed by atoms with Crippen LogP contribution >= 0.6 is 11.8 Å². The zero-order chi connectivity index (χ0) is 13.9. The van der Waals surface area contributed by atoms with Crippen molar-refractivity contribution in [3.63, 3.8) is 0 Å². The van der Waals surface area contributed by atoms with Crippen molar-refractivity contribution in [1.82, 2.24) is 5.32 Å². The summed E-state index contributed by atoms with van der Waals surface area (Å²) in [5.41, 5.74) is 1.97. The highest BCUT2D eigenvalue weighted by Crippen LogP contribution is 2.42. The summed E-state index contributed by atoms with van der Waals surface area (Å²) in [6.45, 7) is 10.4. The van der Waals surface area contributed by atoms with Gasteiger partial charge in [0, 0.05) is 22.7 Å². The first-order valence-electron chi connectivity index (χ1n) is 7.50. The summed E-state index contributed by atoms with van der Waals surface area (Å²) in [5.74, 6) is 0. The van der Waals surface area contributed by atoms with Crippen molar-refractivity contribution >= 4 is 11.8 Å². The molecule has 0 aromatic heterocycles. The van der Waals surface area contributed by atoms with Gasteiger partial charge in [-0.2, -0.15) is 0 Å². The molecule has 0 bridgehead atoms. The summed E-state index contributed by atoms with van der Waals surface area (Å²) < 4.78 is 0. The molecule has 106 valence electrons. The van der Waals surface area contributed by atoms with Crippen LogP contribution in [0.15, 0.2) is 29.2 Å². The summed E-state index contributed by atoms with van der Waals surface area (Å²) in [7, 11) is 0. The van der Waals surface area contributed by atoms with Crippen LogP contribution in [0.1, 0.15) is 46.1 Å². The van der Waals surface area contributed by atoms with Gasteiger partial charge in [0.1, 0.15) is 0 Å². The molecule has 0 radical (unpaired) electrons. The zero-order valence-corrected chi connectivity index (χ0v) is 13.5. The topological polar surface area (TPSA) is 12.0 Å². The average molecular weight is 277 g/mol. The molecule has 0 aliphatic carbocycles. The van der Waals surface area contributed by atoms with Crippen molar-refractivity contribution in [3.8, 4) is 0 Å². The van der Waals surface area contributed by atoms with E-state index >= 15 is 0 Å². The molecule has 1 aromatic rings. The first kappa shape index (κ1) is 14.9. The maximum absolute atomic E-state index is 3.62. The lowest BCUT2D eigenvalue weighted by Crippen LogP contribution is -2.37. The van der Waals surface area contributed by atoms with E-state index in [-0.39, 0.29) is 0 Å². The molecular formula is C17H27NS. The minimum Gasteiger partial charge on any atom is -0.314 e. The van der Waals surface area contributed by atoms with E-state index in [9.17, 15) is 0 Å². The fraction of sp³-hybridized carbons (Fsp3) is 0.647. The van der Waals surface area contributed by atoms with Crippen molar-refractivity contribution in [2.24, 2.45) is 5.41 Å². The molecule has 1 aliphatic heterocycles. The highest BCUT2D eigenvalue weighted by Gasteiger charge is 2.30. The van der Waals surface area contributed by atoms with Crippen LogP contribution in [0.5, 0.6) is 0 Å². The lowest BCUT2D eigenvalue weighted by atomic mass is 9.81. The van der Waals surface area contributed by atoms with E-state index in [4.69, 9.17) is 0 Å². The van der Waals surface area contributed by atoms with Crippen LogP contribution in [0.2, 0.25) is 0 Å². The van der Waals surface area contributed by atoms with E-state index in [1.165, 1.54) is 24.2 Å². The Kier molecular flexibility index (Phi) is 4.97. The van der Waals surface area contributed by atoms with Gasteiger partial charge >= 0.3 is 0 Å². The van der Waals surface area contributed by atoms with E-state index in [1.54, 1.807) is 5.56 Å². The number of hydrogen-bond acceptors (Lipinski definition) is 2. The van der Waals surface area contributed by atoms with Crippen molar-refractivity contribution in [2.75, 3.05) is 6.54 Å². The van der Waals surface area contributed by atoms with Crippen LogP contribution < -0.4 is 5.32 Å². The Morgan fingerprint density at radius 1 is 1.37 bits per heavy atom. The molecule has 1 aromatic carbocycles.